The molecule has 3 rings (SSSR count). The Hall–Kier alpha value is -2.12. The van der Waals surface area contributed by atoms with E-state index >= 15 is 0 Å². The molecular formula is C22H24BrN3O2S. The average Bonchev–Trinajstić information content (AvgIpc) is 3.04. The van der Waals surface area contributed by atoms with Gasteiger partial charge in [-0.2, -0.15) is 0 Å². The van der Waals surface area contributed by atoms with Gasteiger partial charge >= 0.3 is 0 Å². The van der Waals surface area contributed by atoms with Crippen LogP contribution in [0.4, 0.5) is 0 Å². The summed E-state index contributed by atoms with van der Waals surface area (Å²) in [5.41, 5.74) is 3.02. The predicted molar refractivity (Wildman–Crippen MR) is 120 cm³/mol. The zero-order valence-corrected chi connectivity index (χ0v) is 19.4. The molecule has 0 saturated carbocycles. The van der Waals surface area contributed by atoms with E-state index in [2.05, 4.69) is 65.1 Å². The Kier molecular flexibility index (Phi) is 7.14. The van der Waals surface area contributed by atoms with Gasteiger partial charge in [-0.25, -0.2) is 0 Å². The molecule has 0 saturated heterocycles. The molecule has 0 spiro atoms. The van der Waals surface area contributed by atoms with Crippen molar-refractivity contribution in [3.63, 3.8) is 0 Å². The van der Waals surface area contributed by atoms with Gasteiger partial charge in [-0.1, -0.05) is 65.8 Å². The zero-order valence-electron chi connectivity index (χ0n) is 17.0. The summed E-state index contributed by atoms with van der Waals surface area (Å²) < 4.78 is 8.89. The summed E-state index contributed by atoms with van der Waals surface area (Å²) in [6, 6.07) is 13.6. The fourth-order valence-corrected chi connectivity index (χ4v) is 3.92. The van der Waals surface area contributed by atoms with Crippen molar-refractivity contribution in [2.45, 2.75) is 38.5 Å². The van der Waals surface area contributed by atoms with E-state index in [0.717, 1.165) is 21.6 Å². The van der Waals surface area contributed by atoms with Gasteiger partial charge in [-0.15, -0.1) is 10.2 Å². The molecule has 152 valence electrons. The molecule has 0 N–H and O–H groups in total. The minimum Gasteiger partial charge on any atom is -0.485 e. The molecule has 1 heterocycles. The van der Waals surface area contributed by atoms with Crippen LogP contribution in [0.15, 0.2) is 52.1 Å². The van der Waals surface area contributed by atoms with Gasteiger partial charge in [0.1, 0.15) is 12.4 Å². The van der Waals surface area contributed by atoms with E-state index in [0.29, 0.717) is 29.0 Å². The molecule has 7 heteroatoms. The van der Waals surface area contributed by atoms with Crippen LogP contribution in [-0.4, -0.2) is 26.3 Å². The van der Waals surface area contributed by atoms with Crippen molar-refractivity contribution in [2.24, 2.45) is 7.05 Å². The molecule has 0 amide bonds. The second-order valence-electron chi connectivity index (χ2n) is 7.16. The monoisotopic (exact) mass is 473 g/mol. The normalized spacial score (nSPS) is 11.1. The molecule has 2 aromatic carbocycles. The Morgan fingerprint density at radius 3 is 2.59 bits per heavy atom. The lowest BCUT2D eigenvalue weighted by Crippen LogP contribution is -2.07. The number of Topliss-reactive ketones (excluding diaryl/α,β-unsaturated/α-hetero) is 1. The summed E-state index contributed by atoms with van der Waals surface area (Å²) in [6.07, 6.45) is 0. The van der Waals surface area contributed by atoms with E-state index in [1.165, 1.54) is 17.3 Å². The van der Waals surface area contributed by atoms with Crippen LogP contribution in [0.25, 0.3) is 0 Å². The number of ether oxygens (including phenoxy) is 1. The first-order chi connectivity index (χ1) is 13.8. The molecule has 0 fully saturated rings. The smallest absolute Gasteiger partial charge is 0.191 e. The highest BCUT2D eigenvalue weighted by Gasteiger charge is 2.14. The summed E-state index contributed by atoms with van der Waals surface area (Å²) in [4.78, 5) is 12.4. The number of hydrogen-bond acceptors (Lipinski definition) is 5. The van der Waals surface area contributed by atoms with Gasteiger partial charge in [-0.05, 0) is 42.2 Å². The van der Waals surface area contributed by atoms with E-state index in [-0.39, 0.29) is 5.78 Å². The number of benzene rings is 2. The van der Waals surface area contributed by atoms with Gasteiger partial charge in [0.2, 0.25) is 0 Å². The van der Waals surface area contributed by atoms with Crippen molar-refractivity contribution in [1.82, 2.24) is 14.8 Å². The number of ketones is 1. The number of hydrogen-bond donors (Lipinski definition) is 0. The number of carbonyl (C=O) groups is 1. The minimum atomic E-state index is 0.0598. The second kappa shape index (κ2) is 9.59. The summed E-state index contributed by atoms with van der Waals surface area (Å²) in [6.45, 7) is 6.68. The van der Waals surface area contributed by atoms with Crippen LogP contribution in [0.2, 0.25) is 0 Å². The predicted octanol–water partition coefficient (Wildman–Crippen LogP) is 5.56. The largest absolute Gasteiger partial charge is 0.485 e. The third kappa shape index (κ3) is 5.48. The van der Waals surface area contributed by atoms with Crippen LogP contribution in [0.1, 0.15) is 47.1 Å². The molecule has 1 aromatic heterocycles. The maximum Gasteiger partial charge on any atom is 0.191 e. The third-order valence-corrected chi connectivity index (χ3v) is 6.12. The first-order valence-electron chi connectivity index (χ1n) is 9.38. The second-order valence-corrected chi connectivity index (χ2v) is 9.02. The van der Waals surface area contributed by atoms with Gasteiger partial charge in [0.25, 0.3) is 0 Å². The lowest BCUT2D eigenvalue weighted by Gasteiger charge is -2.14. The number of aryl methyl sites for hydroxylation is 1. The zero-order chi connectivity index (χ0) is 21.0. The topological polar surface area (TPSA) is 57.0 Å². The molecule has 0 unspecified atom stereocenters. The first-order valence-corrected chi connectivity index (χ1v) is 11.2. The fraction of sp³-hybridized carbons (Fsp3) is 0.318. The van der Waals surface area contributed by atoms with Gasteiger partial charge in [0.05, 0.1) is 5.75 Å². The van der Waals surface area contributed by atoms with E-state index < -0.39 is 0 Å². The van der Waals surface area contributed by atoms with E-state index in [9.17, 15) is 4.79 Å². The SMILES string of the molecule is Cc1ccc(C(C)C)c(OCc2nnc(SCC(=O)c3ccc(Br)cc3)n2C)c1. The van der Waals surface area contributed by atoms with E-state index in [1.807, 2.05) is 35.9 Å². The number of thioether (sulfide) groups is 1. The Labute approximate surface area is 184 Å². The Balaban J connectivity index is 1.63. The highest BCUT2D eigenvalue weighted by Crippen LogP contribution is 2.28. The van der Waals surface area contributed by atoms with Gasteiger partial charge in [0, 0.05) is 17.1 Å². The fourth-order valence-electron chi connectivity index (χ4n) is 2.83. The molecule has 29 heavy (non-hydrogen) atoms. The summed E-state index contributed by atoms with van der Waals surface area (Å²) in [5.74, 6) is 2.34. The average molecular weight is 474 g/mol. The van der Waals surface area contributed by atoms with Gasteiger partial charge in [0.15, 0.2) is 16.8 Å². The molecule has 0 bridgehead atoms. The van der Waals surface area contributed by atoms with Crippen molar-refractivity contribution in [3.8, 4) is 5.75 Å². The van der Waals surface area contributed by atoms with E-state index in [4.69, 9.17) is 4.74 Å². The molecular weight excluding hydrogens is 450 g/mol. The number of aromatic nitrogens is 3. The Bertz CT molecular complexity index is 1000. The Morgan fingerprint density at radius 1 is 1.17 bits per heavy atom. The summed E-state index contributed by atoms with van der Waals surface area (Å²) in [7, 11) is 1.89. The van der Waals surface area contributed by atoms with Crippen LogP contribution in [0, 0.1) is 6.92 Å². The minimum absolute atomic E-state index is 0.0598. The van der Waals surface area contributed by atoms with E-state index in [1.54, 1.807) is 0 Å². The first kappa shape index (κ1) is 21.6. The third-order valence-electron chi connectivity index (χ3n) is 4.57. The molecule has 3 aromatic rings. The molecule has 0 aliphatic heterocycles. The van der Waals surface area contributed by atoms with Crippen molar-refractivity contribution in [1.29, 1.82) is 0 Å². The van der Waals surface area contributed by atoms with Crippen molar-refractivity contribution in [2.75, 3.05) is 5.75 Å². The molecule has 0 aliphatic rings. The quantitative estimate of drug-likeness (QED) is 0.316. The summed E-state index contributed by atoms with van der Waals surface area (Å²) in [5, 5.41) is 9.16. The van der Waals surface area contributed by atoms with Crippen molar-refractivity contribution < 1.29 is 9.53 Å². The van der Waals surface area contributed by atoms with Crippen LogP contribution in [0.3, 0.4) is 0 Å². The van der Waals surface area contributed by atoms with Gasteiger partial charge < -0.3 is 9.30 Å². The number of rotatable bonds is 8. The number of carbonyl (C=O) groups excluding carboxylic acids is 1. The lowest BCUT2D eigenvalue weighted by molar-refractivity contribution is 0.102. The number of halogens is 1. The Morgan fingerprint density at radius 2 is 1.90 bits per heavy atom. The molecule has 0 aliphatic carbocycles. The molecule has 0 radical (unpaired) electrons. The maximum atomic E-state index is 12.4. The van der Waals surface area contributed by atoms with Crippen LogP contribution >= 0.6 is 27.7 Å². The highest BCUT2D eigenvalue weighted by molar-refractivity contribution is 9.10. The van der Waals surface area contributed by atoms with Crippen LogP contribution in [-0.2, 0) is 13.7 Å². The molecule has 5 nitrogen and oxygen atoms in total. The van der Waals surface area contributed by atoms with Crippen molar-refractivity contribution in [3.05, 3.63) is 69.5 Å². The lowest BCUT2D eigenvalue weighted by atomic mass is 10.0. The van der Waals surface area contributed by atoms with Crippen LogP contribution in [0.5, 0.6) is 5.75 Å². The number of nitrogens with zero attached hydrogens (tertiary/aromatic N) is 3. The highest BCUT2D eigenvalue weighted by atomic mass is 79.9. The van der Waals surface area contributed by atoms with Gasteiger partial charge in [-0.3, -0.25) is 4.79 Å². The van der Waals surface area contributed by atoms with Crippen LogP contribution < -0.4 is 4.74 Å². The summed E-state index contributed by atoms with van der Waals surface area (Å²) >= 11 is 4.76. The standard InChI is InChI=1S/C22H24BrN3O2S/c1-14(2)18-10-5-15(3)11-20(18)28-12-21-24-25-22(26(21)4)29-13-19(27)16-6-8-17(23)9-7-16/h5-11,14H,12-13H2,1-4H3. The molecule has 0 atom stereocenters. The van der Waals surface area contributed by atoms with Crippen molar-refractivity contribution >= 4 is 33.5 Å². The maximum absolute atomic E-state index is 12.4.